The number of para-hydroxylation sites is 2. The van der Waals surface area contributed by atoms with Crippen molar-refractivity contribution in [2.45, 2.75) is 18.6 Å². The van der Waals surface area contributed by atoms with Gasteiger partial charge in [0.25, 0.3) is 11.8 Å². The Morgan fingerprint density at radius 2 is 2.10 bits per heavy atom. The predicted molar refractivity (Wildman–Crippen MR) is 106 cm³/mol. The highest BCUT2D eigenvalue weighted by Crippen LogP contribution is 2.30. The molecule has 0 spiro atoms. The van der Waals surface area contributed by atoms with Gasteiger partial charge in [-0.25, -0.2) is 9.37 Å². The van der Waals surface area contributed by atoms with E-state index in [0.29, 0.717) is 17.0 Å². The fourth-order valence-electron chi connectivity index (χ4n) is 3.52. The van der Waals surface area contributed by atoms with Crippen molar-refractivity contribution in [3.8, 4) is 0 Å². The molecule has 2 aromatic carbocycles. The summed E-state index contributed by atoms with van der Waals surface area (Å²) in [4.78, 5) is 31.2. The van der Waals surface area contributed by atoms with Crippen LogP contribution in [0.1, 0.15) is 12.0 Å². The average Bonchev–Trinajstić information content (AvgIpc) is 3.17. The van der Waals surface area contributed by atoms with Crippen LogP contribution in [0, 0.1) is 5.82 Å². The Labute approximate surface area is 170 Å². The van der Waals surface area contributed by atoms with Crippen LogP contribution in [0.5, 0.6) is 0 Å². The van der Waals surface area contributed by atoms with E-state index in [1.165, 1.54) is 17.0 Å². The Bertz CT molecular complexity index is 1110. The summed E-state index contributed by atoms with van der Waals surface area (Å²) in [5, 5.41) is 13.5. The van der Waals surface area contributed by atoms with Crippen LogP contribution in [-0.4, -0.2) is 38.6 Å². The highest BCUT2D eigenvalue weighted by molar-refractivity contribution is 6.30. The van der Waals surface area contributed by atoms with Gasteiger partial charge in [0.05, 0.1) is 11.0 Å². The maximum atomic E-state index is 13.4. The number of benzene rings is 2. The highest BCUT2D eigenvalue weighted by atomic mass is 35.5. The van der Waals surface area contributed by atoms with Gasteiger partial charge < -0.3 is 15.0 Å². The van der Waals surface area contributed by atoms with Crippen LogP contribution >= 0.6 is 11.6 Å². The fourth-order valence-corrected chi connectivity index (χ4v) is 3.77. The van der Waals surface area contributed by atoms with Gasteiger partial charge in [-0.05, 0) is 35.9 Å². The number of fused-ring (bicyclic) bond motifs is 1. The largest absolute Gasteiger partial charge is 0.372 e. The third kappa shape index (κ3) is 3.34. The van der Waals surface area contributed by atoms with Crippen molar-refractivity contribution in [3.63, 3.8) is 0 Å². The molecule has 9 heteroatoms. The Morgan fingerprint density at radius 3 is 2.83 bits per heavy atom. The minimum atomic E-state index is -2.21. The number of rotatable bonds is 4. The number of imidazole rings is 1. The van der Waals surface area contributed by atoms with Crippen LogP contribution in [0.2, 0.25) is 5.02 Å². The maximum absolute atomic E-state index is 13.4. The third-order valence-electron chi connectivity index (χ3n) is 5.05. The molecule has 1 aliphatic heterocycles. The van der Waals surface area contributed by atoms with E-state index in [9.17, 15) is 19.1 Å². The van der Waals surface area contributed by atoms with Crippen LogP contribution in [0.25, 0.3) is 11.0 Å². The number of aromatic nitrogens is 2. The number of carbonyl (C=O) groups is 2. The molecule has 1 fully saturated rings. The van der Waals surface area contributed by atoms with Crippen molar-refractivity contribution >= 4 is 40.4 Å². The molecule has 2 amide bonds. The van der Waals surface area contributed by atoms with E-state index in [4.69, 9.17) is 11.6 Å². The third-order valence-corrected chi connectivity index (χ3v) is 5.27. The first-order valence-electron chi connectivity index (χ1n) is 8.98. The smallest absolute Gasteiger partial charge is 0.271 e. The van der Waals surface area contributed by atoms with Gasteiger partial charge in [0.2, 0.25) is 11.5 Å². The van der Waals surface area contributed by atoms with Crippen molar-refractivity contribution < 1.29 is 19.1 Å². The topological polar surface area (TPSA) is 87.5 Å². The molecule has 1 unspecified atom stereocenters. The summed E-state index contributed by atoms with van der Waals surface area (Å²) < 4.78 is 15.2. The fraction of sp³-hybridized carbons (Fsp3) is 0.250. The zero-order valence-corrected chi connectivity index (χ0v) is 16.3. The molecule has 2 heterocycles. The van der Waals surface area contributed by atoms with Crippen LogP contribution in [-0.2, 0) is 23.2 Å². The molecule has 2 N–H and O–H groups in total. The molecule has 0 radical (unpaired) electrons. The summed E-state index contributed by atoms with van der Waals surface area (Å²) in [6, 6.07) is 11.3. The number of amides is 2. The predicted octanol–water partition coefficient (Wildman–Crippen LogP) is 2.15. The highest BCUT2D eigenvalue weighted by Gasteiger charge is 2.52. The SMILES string of the molecule is Cn1c(N2CCC(O)(C(=O)NCc3cc(F)cc(Cl)c3)C2=O)nc2ccccc21. The van der Waals surface area contributed by atoms with Gasteiger partial charge in [-0.1, -0.05) is 23.7 Å². The molecule has 29 heavy (non-hydrogen) atoms. The maximum Gasteiger partial charge on any atom is 0.271 e. The van der Waals surface area contributed by atoms with E-state index in [-0.39, 0.29) is 24.5 Å². The molecular weight excluding hydrogens is 399 g/mol. The van der Waals surface area contributed by atoms with E-state index < -0.39 is 23.2 Å². The normalized spacial score (nSPS) is 19.2. The molecule has 0 bridgehead atoms. The molecule has 3 aromatic rings. The van der Waals surface area contributed by atoms with Gasteiger partial charge in [-0.15, -0.1) is 0 Å². The van der Waals surface area contributed by atoms with Crippen LogP contribution in [0.15, 0.2) is 42.5 Å². The van der Waals surface area contributed by atoms with Gasteiger partial charge in [-0.2, -0.15) is 0 Å². The molecule has 7 nitrogen and oxygen atoms in total. The lowest BCUT2D eigenvalue weighted by Gasteiger charge is -2.21. The summed E-state index contributed by atoms with van der Waals surface area (Å²) in [5.41, 5.74) is -0.252. The monoisotopic (exact) mass is 416 g/mol. The second-order valence-corrected chi connectivity index (χ2v) is 7.42. The van der Waals surface area contributed by atoms with Crippen LogP contribution in [0.3, 0.4) is 0 Å². The van der Waals surface area contributed by atoms with Gasteiger partial charge in [0.15, 0.2) is 0 Å². The van der Waals surface area contributed by atoms with Crippen molar-refractivity contribution in [2.75, 3.05) is 11.4 Å². The summed E-state index contributed by atoms with van der Waals surface area (Å²) in [7, 11) is 1.77. The number of aryl methyl sites for hydroxylation is 1. The van der Waals surface area contributed by atoms with Gasteiger partial charge in [0, 0.05) is 31.6 Å². The van der Waals surface area contributed by atoms with E-state index in [1.54, 1.807) is 11.6 Å². The zero-order valence-electron chi connectivity index (χ0n) is 15.5. The Morgan fingerprint density at radius 1 is 1.34 bits per heavy atom. The molecule has 150 valence electrons. The minimum Gasteiger partial charge on any atom is -0.372 e. The number of anilines is 1. The molecule has 1 aromatic heterocycles. The van der Waals surface area contributed by atoms with Gasteiger partial charge >= 0.3 is 0 Å². The quantitative estimate of drug-likeness (QED) is 0.638. The number of hydrogen-bond donors (Lipinski definition) is 2. The standard InChI is InChI=1S/C20H18ClFN4O3/c1-25-16-5-3-2-4-15(16)24-19(25)26-7-6-20(29,18(26)28)17(27)23-11-12-8-13(21)10-14(22)9-12/h2-5,8-10,29H,6-7,11H2,1H3,(H,23,27). The number of nitrogens with one attached hydrogen (secondary N) is 1. The number of hydrogen-bond acceptors (Lipinski definition) is 4. The van der Waals surface area contributed by atoms with Gasteiger partial charge in [0.1, 0.15) is 5.82 Å². The molecule has 0 saturated carbocycles. The van der Waals surface area contributed by atoms with E-state index in [1.807, 2.05) is 24.3 Å². The van der Waals surface area contributed by atoms with E-state index >= 15 is 0 Å². The number of halogens is 2. The first-order valence-corrected chi connectivity index (χ1v) is 9.36. The second kappa shape index (κ2) is 7.13. The molecule has 1 saturated heterocycles. The van der Waals surface area contributed by atoms with E-state index in [2.05, 4.69) is 10.3 Å². The Kier molecular flexibility index (Phi) is 4.76. The summed E-state index contributed by atoms with van der Waals surface area (Å²) in [5.74, 6) is -1.77. The summed E-state index contributed by atoms with van der Waals surface area (Å²) in [6.07, 6.45) is -0.0786. The van der Waals surface area contributed by atoms with Gasteiger partial charge in [-0.3, -0.25) is 14.5 Å². The lowest BCUT2D eigenvalue weighted by Crippen LogP contribution is -2.52. The number of nitrogens with zero attached hydrogens (tertiary/aromatic N) is 3. The molecule has 0 aliphatic carbocycles. The molecule has 4 rings (SSSR count). The van der Waals surface area contributed by atoms with E-state index in [0.717, 1.165) is 11.6 Å². The summed E-state index contributed by atoms with van der Waals surface area (Å²) in [6.45, 7) is 0.0733. The second-order valence-electron chi connectivity index (χ2n) is 6.99. The molecule has 1 atom stereocenters. The van der Waals surface area contributed by atoms with Crippen LogP contribution < -0.4 is 10.2 Å². The average molecular weight is 417 g/mol. The lowest BCUT2D eigenvalue weighted by molar-refractivity contribution is -0.149. The van der Waals surface area contributed by atoms with Crippen molar-refractivity contribution in [1.82, 2.24) is 14.9 Å². The molecule has 1 aliphatic rings. The Balaban J connectivity index is 1.53. The number of carbonyl (C=O) groups excluding carboxylic acids is 2. The van der Waals surface area contributed by atoms with Crippen molar-refractivity contribution in [1.29, 1.82) is 0 Å². The lowest BCUT2D eigenvalue weighted by atomic mass is 10.0. The zero-order chi connectivity index (χ0) is 20.8. The van der Waals surface area contributed by atoms with Crippen molar-refractivity contribution in [2.24, 2.45) is 7.05 Å². The number of aliphatic hydroxyl groups is 1. The first kappa shape index (κ1) is 19.4. The summed E-state index contributed by atoms with van der Waals surface area (Å²) >= 11 is 5.81. The Hall–Kier alpha value is -2.97. The molecular formula is C20H18ClFN4O3. The van der Waals surface area contributed by atoms with Crippen molar-refractivity contribution in [3.05, 3.63) is 58.9 Å². The minimum absolute atomic E-state index is 0.0712. The van der Waals surface area contributed by atoms with Crippen LogP contribution in [0.4, 0.5) is 10.3 Å². The first-order chi connectivity index (χ1) is 13.8.